The van der Waals surface area contributed by atoms with Crippen LogP contribution in [-0.2, 0) is 16.0 Å². The fourth-order valence-electron chi connectivity index (χ4n) is 4.58. The zero-order valence-corrected chi connectivity index (χ0v) is 22.9. The topological polar surface area (TPSA) is 82.1 Å². The molecule has 2 aliphatic rings. The third-order valence-corrected chi connectivity index (χ3v) is 7.40. The molecule has 2 amide bonds. The van der Waals surface area contributed by atoms with E-state index in [0.717, 1.165) is 31.5 Å². The fraction of sp³-hybridized carbons (Fsp3) is 0.667. The minimum Gasteiger partial charge on any atom is -0.506 e. The summed E-state index contributed by atoms with van der Waals surface area (Å²) in [6.07, 6.45) is 5.44. The van der Waals surface area contributed by atoms with Crippen molar-refractivity contribution in [3.8, 4) is 5.75 Å². The molecule has 7 nitrogen and oxygen atoms in total. The number of phenols is 1. The van der Waals surface area contributed by atoms with Crippen LogP contribution in [0.3, 0.4) is 0 Å². The van der Waals surface area contributed by atoms with Crippen molar-refractivity contribution in [1.29, 1.82) is 0 Å². The number of ether oxygens (including phenoxy) is 1. The van der Waals surface area contributed by atoms with Gasteiger partial charge in [-0.25, -0.2) is 4.79 Å². The number of nitrogens with zero attached hydrogens (tertiary/aromatic N) is 2. The number of amides is 2. The van der Waals surface area contributed by atoms with Gasteiger partial charge in [-0.05, 0) is 109 Å². The van der Waals surface area contributed by atoms with Gasteiger partial charge in [-0.15, -0.1) is 0 Å². The standard InChI is InChI=1S/C24H35Br2N3O4/c1-24(2,3)33-23(32)27-20(15-16-13-18(25)21(30)19(26)14-16)22(31)29-11-7-17(8-12-29)28-9-5-4-6-10-28/h13-14,17,20,30H,4-12,15H2,1-3H3,(H,27,32)/t20-/m0/s1. The van der Waals surface area contributed by atoms with Gasteiger partial charge in [0.1, 0.15) is 17.4 Å². The summed E-state index contributed by atoms with van der Waals surface area (Å²) in [6.45, 7) is 9.08. The van der Waals surface area contributed by atoms with Crippen LogP contribution < -0.4 is 5.32 Å². The van der Waals surface area contributed by atoms with Crippen LogP contribution in [0, 0.1) is 0 Å². The summed E-state index contributed by atoms with van der Waals surface area (Å²) >= 11 is 6.69. The molecule has 3 rings (SSSR count). The van der Waals surface area contributed by atoms with Crippen molar-refractivity contribution < 1.29 is 19.4 Å². The van der Waals surface area contributed by atoms with Crippen molar-refractivity contribution in [1.82, 2.24) is 15.1 Å². The third-order valence-electron chi connectivity index (χ3n) is 6.19. The lowest BCUT2D eigenvalue weighted by molar-refractivity contribution is -0.135. The van der Waals surface area contributed by atoms with Crippen molar-refractivity contribution in [2.24, 2.45) is 0 Å². The number of phenolic OH excluding ortho intramolecular Hbond substituents is 1. The zero-order valence-electron chi connectivity index (χ0n) is 19.7. The summed E-state index contributed by atoms with van der Waals surface area (Å²) in [5.41, 5.74) is 0.152. The van der Waals surface area contributed by atoms with Gasteiger partial charge < -0.3 is 25.0 Å². The normalized spacial score (nSPS) is 19.2. The van der Waals surface area contributed by atoms with Crippen LogP contribution in [0.25, 0.3) is 0 Å². The van der Waals surface area contributed by atoms with Crippen LogP contribution >= 0.6 is 31.9 Å². The van der Waals surface area contributed by atoms with E-state index in [0.29, 0.717) is 34.5 Å². The minimum atomic E-state index is -0.755. The van der Waals surface area contributed by atoms with Crippen molar-refractivity contribution in [2.75, 3.05) is 26.2 Å². The van der Waals surface area contributed by atoms with E-state index in [1.54, 1.807) is 32.9 Å². The molecule has 2 saturated heterocycles. The van der Waals surface area contributed by atoms with Gasteiger partial charge >= 0.3 is 6.09 Å². The summed E-state index contributed by atoms with van der Waals surface area (Å²) in [7, 11) is 0. The molecule has 0 aromatic heterocycles. The highest BCUT2D eigenvalue weighted by Gasteiger charge is 2.32. The van der Waals surface area contributed by atoms with Gasteiger partial charge in [0, 0.05) is 25.6 Å². The second-order valence-electron chi connectivity index (χ2n) is 9.96. The molecule has 0 spiro atoms. The van der Waals surface area contributed by atoms with Crippen molar-refractivity contribution >= 4 is 43.9 Å². The van der Waals surface area contributed by atoms with Gasteiger partial charge in [0.15, 0.2) is 0 Å². The molecule has 2 fully saturated rings. The number of piperidine rings is 2. The molecule has 1 aromatic carbocycles. The highest BCUT2D eigenvalue weighted by Crippen LogP contribution is 2.34. The Balaban J connectivity index is 1.70. The Morgan fingerprint density at radius 1 is 1.09 bits per heavy atom. The number of likely N-dealkylation sites (tertiary alicyclic amines) is 2. The monoisotopic (exact) mass is 587 g/mol. The average molecular weight is 589 g/mol. The van der Waals surface area contributed by atoms with Crippen LogP contribution in [0.2, 0.25) is 0 Å². The fourth-order valence-corrected chi connectivity index (χ4v) is 5.86. The average Bonchev–Trinajstić information content (AvgIpc) is 2.76. The van der Waals surface area contributed by atoms with Gasteiger partial charge in [-0.2, -0.15) is 0 Å². The molecule has 0 aliphatic carbocycles. The van der Waals surface area contributed by atoms with Crippen LogP contribution in [0.5, 0.6) is 5.75 Å². The Hall–Kier alpha value is -1.32. The first-order valence-electron chi connectivity index (χ1n) is 11.7. The lowest BCUT2D eigenvalue weighted by Crippen LogP contribution is -2.54. The number of aromatic hydroxyl groups is 1. The van der Waals surface area contributed by atoms with Crippen molar-refractivity contribution in [2.45, 2.75) is 77.0 Å². The Morgan fingerprint density at radius 3 is 2.21 bits per heavy atom. The molecule has 2 heterocycles. The summed E-state index contributed by atoms with van der Waals surface area (Å²) in [6, 6.07) is 3.31. The van der Waals surface area contributed by atoms with E-state index in [-0.39, 0.29) is 11.7 Å². The number of rotatable bonds is 5. The number of hydrogen-bond acceptors (Lipinski definition) is 5. The van der Waals surface area contributed by atoms with E-state index in [1.807, 2.05) is 4.90 Å². The maximum atomic E-state index is 13.5. The van der Waals surface area contributed by atoms with Gasteiger partial charge in [-0.1, -0.05) is 6.42 Å². The van der Waals surface area contributed by atoms with Crippen molar-refractivity contribution in [3.63, 3.8) is 0 Å². The Labute approximate surface area is 213 Å². The van der Waals surface area contributed by atoms with Gasteiger partial charge in [-0.3, -0.25) is 4.79 Å². The number of alkyl carbamates (subject to hydrolysis) is 1. The van der Waals surface area contributed by atoms with Crippen LogP contribution in [0.15, 0.2) is 21.1 Å². The van der Waals surface area contributed by atoms with Crippen LogP contribution in [0.4, 0.5) is 4.79 Å². The minimum absolute atomic E-state index is 0.0986. The molecular formula is C24H35Br2N3O4. The Morgan fingerprint density at radius 2 is 1.67 bits per heavy atom. The Kier molecular flexibility index (Phi) is 9.08. The summed E-state index contributed by atoms with van der Waals surface area (Å²) in [4.78, 5) is 30.5. The number of carbonyl (C=O) groups excluding carboxylic acids is 2. The van der Waals surface area contributed by atoms with E-state index >= 15 is 0 Å². The number of benzene rings is 1. The first-order valence-corrected chi connectivity index (χ1v) is 13.3. The van der Waals surface area contributed by atoms with Crippen molar-refractivity contribution in [3.05, 3.63) is 26.6 Å². The van der Waals surface area contributed by atoms with E-state index in [1.165, 1.54) is 19.3 Å². The molecule has 2 aliphatic heterocycles. The first kappa shape index (κ1) is 26.3. The molecule has 1 aromatic rings. The largest absolute Gasteiger partial charge is 0.506 e. The third kappa shape index (κ3) is 7.59. The van der Waals surface area contributed by atoms with E-state index in [2.05, 4.69) is 42.1 Å². The number of halogens is 2. The molecule has 0 bridgehead atoms. The highest BCUT2D eigenvalue weighted by molar-refractivity contribution is 9.11. The Bertz CT molecular complexity index is 822. The summed E-state index contributed by atoms with van der Waals surface area (Å²) in [5.74, 6) is -0.000198. The summed E-state index contributed by atoms with van der Waals surface area (Å²) < 4.78 is 6.47. The SMILES string of the molecule is CC(C)(C)OC(=O)N[C@@H](Cc1cc(Br)c(O)c(Br)c1)C(=O)N1CCC(N2CCCCC2)CC1. The first-order chi connectivity index (χ1) is 15.5. The molecule has 184 valence electrons. The smallest absolute Gasteiger partial charge is 0.408 e. The molecule has 0 unspecified atom stereocenters. The maximum absolute atomic E-state index is 13.5. The van der Waals surface area contributed by atoms with Crippen LogP contribution in [-0.4, -0.2) is 70.8 Å². The van der Waals surface area contributed by atoms with E-state index in [4.69, 9.17) is 4.74 Å². The second kappa shape index (κ2) is 11.4. The lowest BCUT2D eigenvalue weighted by atomic mass is 9.98. The molecule has 0 radical (unpaired) electrons. The maximum Gasteiger partial charge on any atom is 0.408 e. The lowest BCUT2D eigenvalue weighted by Gasteiger charge is -2.41. The number of carbonyl (C=O) groups is 2. The van der Waals surface area contributed by atoms with E-state index in [9.17, 15) is 14.7 Å². The highest BCUT2D eigenvalue weighted by atomic mass is 79.9. The molecule has 33 heavy (non-hydrogen) atoms. The number of nitrogens with one attached hydrogen (secondary N) is 1. The van der Waals surface area contributed by atoms with Gasteiger partial charge in [0.2, 0.25) is 5.91 Å². The second-order valence-corrected chi connectivity index (χ2v) is 11.7. The number of hydrogen-bond donors (Lipinski definition) is 2. The predicted molar refractivity (Wildman–Crippen MR) is 135 cm³/mol. The predicted octanol–water partition coefficient (Wildman–Crippen LogP) is 4.83. The zero-order chi connectivity index (χ0) is 24.2. The molecule has 2 N–H and O–H groups in total. The van der Waals surface area contributed by atoms with Gasteiger partial charge in [0.05, 0.1) is 8.95 Å². The molecule has 0 saturated carbocycles. The van der Waals surface area contributed by atoms with Crippen LogP contribution in [0.1, 0.15) is 58.4 Å². The van der Waals surface area contributed by atoms with Gasteiger partial charge in [0.25, 0.3) is 0 Å². The quantitative estimate of drug-likeness (QED) is 0.515. The molecule has 9 heteroatoms. The molecular weight excluding hydrogens is 554 g/mol. The molecule has 1 atom stereocenters. The van der Waals surface area contributed by atoms with E-state index < -0.39 is 17.7 Å². The summed E-state index contributed by atoms with van der Waals surface area (Å²) in [5, 5.41) is 12.8.